The largest absolute Gasteiger partial charge is 0.744 e. The molecule has 3 N–H and O–H groups in total. The summed E-state index contributed by atoms with van der Waals surface area (Å²) in [5.74, 6) is 0.0928. The van der Waals surface area contributed by atoms with Crippen LogP contribution >= 0.6 is 11.6 Å². The lowest BCUT2D eigenvalue weighted by Gasteiger charge is -2.14. The zero-order chi connectivity index (χ0) is 24.7. The quantitative estimate of drug-likeness (QED) is 0.262. The smallest absolute Gasteiger partial charge is 0.233 e. The highest BCUT2D eigenvalue weighted by molar-refractivity contribution is 7.88. The average Bonchev–Trinajstić information content (AvgIpc) is 2.57. The molecule has 2 rings (SSSR count). The molecule has 0 bridgehead atoms. The summed E-state index contributed by atoms with van der Waals surface area (Å²) in [5, 5.41) is 5.41. The first kappa shape index (κ1) is 27.9. The third kappa shape index (κ3) is 12.1. The molecule has 1 aromatic carbocycles. The van der Waals surface area contributed by atoms with E-state index in [4.69, 9.17) is 11.6 Å². The van der Waals surface area contributed by atoms with Crippen molar-refractivity contribution in [3.63, 3.8) is 0 Å². The Morgan fingerprint density at radius 1 is 1.00 bits per heavy atom. The molecule has 0 atom stereocenters. The highest BCUT2D eigenvalue weighted by Crippen LogP contribution is 2.23. The van der Waals surface area contributed by atoms with Gasteiger partial charge in [0.2, 0.25) is 27.2 Å². The first-order valence-electron chi connectivity index (χ1n) is 9.16. The van der Waals surface area contributed by atoms with Gasteiger partial charge in [0.1, 0.15) is 10.1 Å². The Balaban J connectivity index is 0.000000920. The van der Waals surface area contributed by atoms with Gasteiger partial charge in [0.25, 0.3) is 0 Å². The lowest BCUT2D eigenvalue weighted by Crippen LogP contribution is -2.28. The van der Waals surface area contributed by atoms with Crippen molar-refractivity contribution in [3.8, 4) is 0 Å². The van der Waals surface area contributed by atoms with E-state index in [1.54, 1.807) is 6.92 Å². The van der Waals surface area contributed by atoms with Crippen LogP contribution in [0.1, 0.15) is 5.56 Å². The fourth-order valence-electron chi connectivity index (χ4n) is 1.91. The minimum atomic E-state index is -4.62. The number of sulfonamides is 1. The molecule has 1 heterocycles. The van der Waals surface area contributed by atoms with Gasteiger partial charge in [-0.15, -0.1) is 0 Å². The van der Waals surface area contributed by atoms with Crippen molar-refractivity contribution in [3.05, 3.63) is 29.0 Å². The van der Waals surface area contributed by atoms with E-state index in [1.807, 2.05) is 0 Å². The Morgan fingerprint density at radius 2 is 1.56 bits per heavy atom. The second-order valence-electron chi connectivity index (χ2n) is 8.08. The van der Waals surface area contributed by atoms with Gasteiger partial charge in [0.15, 0.2) is 0 Å². The summed E-state index contributed by atoms with van der Waals surface area (Å²) in [6.45, 7) is 1.99. The van der Waals surface area contributed by atoms with Gasteiger partial charge in [-0.2, -0.15) is 15.0 Å². The van der Waals surface area contributed by atoms with Crippen LogP contribution in [0.4, 0.5) is 17.6 Å². The molecule has 0 aliphatic carbocycles. The predicted octanol–water partition coefficient (Wildman–Crippen LogP) is 0.765. The van der Waals surface area contributed by atoms with Crippen LogP contribution < -0.4 is 15.4 Å². The van der Waals surface area contributed by atoms with Crippen molar-refractivity contribution in [2.45, 2.75) is 11.8 Å². The van der Waals surface area contributed by atoms with E-state index in [1.165, 1.54) is 18.2 Å². The van der Waals surface area contributed by atoms with Gasteiger partial charge >= 0.3 is 0 Å². The maximum Gasteiger partial charge on any atom is 0.233 e. The molecule has 0 saturated carbocycles. The van der Waals surface area contributed by atoms with Gasteiger partial charge in [0.05, 0.1) is 39.3 Å². The molecular formula is C17H28ClN7O5S2. The topological polar surface area (TPSA) is 166 Å². The summed E-state index contributed by atoms with van der Waals surface area (Å²) in [7, 11) is 0.572. The Hall–Kier alpha value is -2.10. The molecule has 0 radical (unpaired) electrons. The molecule has 15 heteroatoms. The number of hydrogen-bond donors (Lipinski definition) is 3. The van der Waals surface area contributed by atoms with Crippen molar-refractivity contribution < 1.29 is 25.9 Å². The summed E-state index contributed by atoms with van der Waals surface area (Å²) in [6.07, 6.45) is 1.04. The Morgan fingerprint density at radius 3 is 2.09 bits per heavy atom. The Bertz CT molecular complexity index is 1130. The number of halogens is 1. The van der Waals surface area contributed by atoms with Gasteiger partial charge in [-0.3, -0.25) is 0 Å². The van der Waals surface area contributed by atoms with E-state index in [0.29, 0.717) is 11.3 Å². The number of benzene rings is 1. The van der Waals surface area contributed by atoms with E-state index >= 15 is 0 Å². The Labute approximate surface area is 193 Å². The zero-order valence-electron chi connectivity index (χ0n) is 18.7. The third-order valence-corrected chi connectivity index (χ3v) is 4.85. The highest BCUT2D eigenvalue weighted by atomic mass is 35.5. The number of anilines is 3. The van der Waals surface area contributed by atoms with Crippen LogP contribution in [-0.4, -0.2) is 88.4 Å². The second kappa shape index (κ2) is 11.2. The third-order valence-electron chi connectivity index (χ3n) is 3.12. The number of hydrogen-bond acceptors (Lipinski definition) is 10. The molecule has 0 amide bonds. The maximum atomic E-state index is 11.2. The lowest BCUT2D eigenvalue weighted by atomic mass is 10.2. The molecule has 0 spiro atoms. The first-order valence-corrected chi connectivity index (χ1v) is 12.8. The minimum Gasteiger partial charge on any atom is -0.744 e. The molecule has 1 aromatic heterocycles. The van der Waals surface area contributed by atoms with Crippen LogP contribution in [0.2, 0.25) is 5.28 Å². The number of aromatic nitrogens is 3. The van der Waals surface area contributed by atoms with E-state index in [-0.39, 0.29) is 30.3 Å². The standard InChI is InChI=1S/C13H17ClN6O5S2.C4H12N/c1-8-3-4-9(27(23,24)25)7-10(8)17-13-19-11(14)18-12(20-13)15-5-6-16-26(2,21)22;1-5(2,3)4/h3-4,7,16H,5-6H2,1-2H3,(H,23,24,25)(H2,15,17,18,19,20);1-4H3/q;+1/p-1. The van der Waals surface area contributed by atoms with Crippen molar-refractivity contribution in [1.82, 2.24) is 19.7 Å². The predicted molar refractivity (Wildman–Crippen MR) is 123 cm³/mol. The van der Waals surface area contributed by atoms with E-state index in [0.717, 1.165) is 10.7 Å². The normalized spacial score (nSPS) is 12.0. The van der Waals surface area contributed by atoms with Gasteiger partial charge in [-0.05, 0) is 36.2 Å². The van der Waals surface area contributed by atoms with Gasteiger partial charge in [-0.25, -0.2) is 21.6 Å². The molecule has 0 saturated heterocycles. The van der Waals surface area contributed by atoms with E-state index in [2.05, 4.69) is 58.5 Å². The van der Waals surface area contributed by atoms with Gasteiger partial charge in [-0.1, -0.05) is 6.07 Å². The summed E-state index contributed by atoms with van der Waals surface area (Å²) in [5.41, 5.74) is 0.949. The molecule has 0 fully saturated rings. The molecule has 0 aliphatic rings. The summed E-state index contributed by atoms with van der Waals surface area (Å²) >= 11 is 5.85. The molecule has 0 unspecified atom stereocenters. The van der Waals surface area contributed by atoms with E-state index in [9.17, 15) is 21.4 Å². The van der Waals surface area contributed by atoms with Crippen molar-refractivity contribution >= 4 is 49.3 Å². The fourth-order valence-corrected chi connectivity index (χ4v) is 3.04. The Kier molecular flexibility index (Phi) is 9.74. The number of nitrogens with zero attached hydrogens (tertiary/aromatic N) is 4. The second-order valence-corrected chi connectivity index (χ2v) is 11.6. The molecule has 2 aromatic rings. The molecule has 0 aliphatic heterocycles. The van der Waals surface area contributed by atoms with Crippen LogP contribution in [0.15, 0.2) is 23.1 Å². The molecule has 32 heavy (non-hydrogen) atoms. The zero-order valence-corrected chi connectivity index (χ0v) is 21.1. The average molecular weight is 510 g/mol. The number of quaternary nitrogens is 1. The lowest BCUT2D eigenvalue weighted by molar-refractivity contribution is -0.849. The van der Waals surface area contributed by atoms with Gasteiger partial charge in [0, 0.05) is 18.8 Å². The molecular weight excluding hydrogens is 482 g/mol. The number of nitrogens with one attached hydrogen (secondary N) is 3. The summed E-state index contributed by atoms with van der Waals surface area (Å²) in [6, 6.07) is 3.83. The molecule has 180 valence electrons. The van der Waals surface area contributed by atoms with Gasteiger partial charge < -0.3 is 19.7 Å². The van der Waals surface area contributed by atoms with Crippen LogP contribution in [0, 0.1) is 6.92 Å². The number of aryl methyl sites for hydroxylation is 1. The fraction of sp³-hybridized carbons (Fsp3) is 0.471. The van der Waals surface area contributed by atoms with Crippen LogP contribution in [0.25, 0.3) is 0 Å². The highest BCUT2D eigenvalue weighted by Gasteiger charge is 2.10. The van der Waals surface area contributed by atoms with Crippen LogP contribution in [0.5, 0.6) is 0 Å². The maximum absolute atomic E-state index is 11.2. The van der Waals surface area contributed by atoms with E-state index < -0.39 is 25.0 Å². The summed E-state index contributed by atoms with van der Waals surface area (Å²) < 4.78 is 58.8. The SMILES string of the molecule is C[N+](C)(C)C.Cc1ccc(S(=O)(=O)[O-])cc1Nc1nc(Cl)nc(NCCNS(C)(=O)=O)n1. The summed E-state index contributed by atoms with van der Waals surface area (Å²) in [4.78, 5) is 11.4. The molecule has 12 nitrogen and oxygen atoms in total. The van der Waals surface area contributed by atoms with Crippen molar-refractivity contribution in [1.29, 1.82) is 0 Å². The van der Waals surface area contributed by atoms with Crippen LogP contribution in [0.3, 0.4) is 0 Å². The van der Waals surface area contributed by atoms with Crippen LogP contribution in [-0.2, 0) is 20.1 Å². The minimum absolute atomic E-state index is 0.0112. The number of rotatable bonds is 8. The first-order chi connectivity index (χ1) is 14.4. The van der Waals surface area contributed by atoms with Crippen molar-refractivity contribution in [2.24, 2.45) is 0 Å². The van der Waals surface area contributed by atoms with Crippen molar-refractivity contribution in [2.75, 3.05) is 58.2 Å². The monoisotopic (exact) mass is 509 g/mol.